The summed E-state index contributed by atoms with van der Waals surface area (Å²) in [6.07, 6.45) is 5.35. The van der Waals surface area contributed by atoms with Gasteiger partial charge in [0, 0.05) is 37.9 Å². The van der Waals surface area contributed by atoms with Crippen molar-refractivity contribution in [3.63, 3.8) is 0 Å². The fourth-order valence-corrected chi connectivity index (χ4v) is 4.09. The van der Waals surface area contributed by atoms with Gasteiger partial charge in [-0.05, 0) is 48.7 Å². The van der Waals surface area contributed by atoms with Crippen LogP contribution in [0.1, 0.15) is 28.8 Å². The molecule has 1 saturated heterocycles. The number of hydrogen-bond acceptors (Lipinski definition) is 7. The standard InChI is InChI=1S/C24H29N7O3/c1-3-17-4-7-22(26-15-17)30-10-8-19(9-11-30)29(2)23(32)16-34-13-12-31-21-14-18(24(25)33)5-6-20(21)27-28-31/h3-7,14-15,19H,1,8-13,16H2,2H3,(H2,25,33). The molecule has 1 fully saturated rings. The van der Waals surface area contributed by atoms with E-state index in [1.54, 1.807) is 33.9 Å². The summed E-state index contributed by atoms with van der Waals surface area (Å²) in [6.45, 7) is 6.15. The zero-order chi connectivity index (χ0) is 24.1. The SMILES string of the molecule is C=Cc1ccc(N2CCC(N(C)C(=O)COCCn3nnc4ccc(C(N)=O)cc43)CC2)nc1. The fraction of sp³-hybridized carbons (Fsp3) is 0.375. The highest BCUT2D eigenvalue weighted by Crippen LogP contribution is 2.21. The van der Waals surface area contributed by atoms with Crippen LogP contribution in [0, 0.1) is 0 Å². The van der Waals surface area contributed by atoms with Crippen molar-refractivity contribution in [3.8, 4) is 0 Å². The number of aromatic nitrogens is 4. The lowest BCUT2D eigenvalue weighted by atomic mass is 10.0. The molecule has 2 aromatic heterocycles. The number of amides is 2. The second kappa shape index (κ2) is 10.4. The number of carbonyl (C=O) groups is 2. The molecular formula is C24H29N7O3. The van der Waals surface area contributed by atoms with Gasteiger partial charge in [-0.25, -0.2) is 9.67 Å². The minimum atomic E-state index is -0.507. The number of nitrogens with zero attached hydrogens (tertiary/aromatic N) is 6. The molecule has 178 valence electrons. The Labute approximate surface area is 198 Å². The highest BCUT2D eigenvalue weighted by Gasteiger charge is 2.26. The molecule has 0 aliphatic carbocycles. The summed E-state index contributed by atoms with van der Waals surface area (Å²) < 4.78 is 7.26. The first kappa shape index (κ1) is 23.4. The van der Waals surface area contributed by atoms with Crippen molar-refractivity contribution >= 4 is 34.7 Å². The first-order valence-corrected chi connectivity index (χ1v) is 11.3. The normalized spacial score (nSPS) is 14.3. The van der Waals surface area contributed by atoms with E-state index in [1.165, 1.54) is 0 Å². The zero-order valence-electron chi connectivity index (χ0n) is 19.3. The van der Waals surface area contributed by atoms with Crippen LogP contribution in [0.5, 0.6) is 0 Å². The fourth-order valence-electron chi connectivity index (χ4n) is 4.09. The third kappa shape index (κ3) is 5.23. The average Bonchev–Trinajstić information content (AvgIpc) is 3.28. The monoisotopic (exact) mass is 463 g/mol. The van der Waals surface area contributed by atoms with Crippen LogP contribution in [0.15, 0.2) is 43.1 Å². The number of rotatable bonds is 9. The third-order valence-electron chi connectivity index (χ3n) is 6.21. The van der Waals surface area contributed by atoms with E-state index < -0.39 is 5.91 Å². The van der Waals surface area contributed by atoms with Crippen LogP contribution >= 0.6 is 0 Å². The van der Waals surface area contributed by atoms with Gasteiger partial charge in [-0.3, -0.25) is 9.59 Å². The van der Waals surface area contributed by atoms with Crippen LogP contribution in [-0.2, 0) is 16.1 Å². The van der Waals surface area contributed by atoms with Crippen molar-refractivity contribution in [1.29, 1.82) is 0 Å². The lowest BCUT2D eigenvalue weighted by Gasteiger charge is -2.37. The Balaban J connectivity index is 1.22. The molecular weight excluding hydrogens is 434 g/mol. The summed E-state index contributed by atoms with van der Waals surface area (Å²) >= 11 is 0. The minimum Gasteiger partial charge on any atom is -0.370 e. The van der Waals surface area contributed by atoms with Crippen LogP contribution in [0.2, 0.25) is 0 Å². The Hall–Kier alpha value is -3.79. The van der Waals surface area contributed by atoms with Crippen LogP contribution in [0.25, 0.3) is 17.1 Å². The van der Waals surface area contributed by atoms with Gasteiger partial charge < -0.3 is 20.3 Å². The summed E-state index contributed by atoms with van der Waals surface area (Å²) in [5.41, 5.74) is 8.10. The molecule has 34 heavy (non-hydrogen) atoms. The van der Waals surface area contributed by atoms with Gasteiger partial charge >= 0.3 is 0 Å². The number of likely N-dealkylation sites (N-methyl/N-ethyl adjacent to an activating group) is 1. The molecule has 3 aromatic rings. The number of carbonyl (C=O) groups excluding carboxylic acids is 2. The summed E-state index contributed by atoms with van der Waals surface area (Å²) in [6, 6.07) is 9.17. The largest absolute Gasteiger partial charge is 0.370 e. The van der Waals surface area contributed by atoms with Gasteiger partial charge in [0.2, 0.25) is 11.8 Å². The minimum absolute atomic E-state index is 0.000447. The smallest absolute Gasteiger partial charge is 0.248 e. The number of ether oxygens (including phenoxy) is 1. The molecule has 4 rings (SSSR count). The quantitative estimate of drug-likeness (QED) is 0.480. The number of hydrogen-bond donors (Lipinski definition) is 1. The van der Waals surface area contributed by atoms with Crippen LogP contribution in [0.3, 0.4) is 0 Å². The second-order valence-corrected chi connectivity index (χ2v) is 8.31. The van der Waals surface area contributed by atoms with Gasteiger partial charge in [0.15, 0.2) is 0 Å². The van der Waals surface area contributed by atoms with E-state index >= 15 is 0 Å². The number of fused-ring (bicyclic) bond motifs is 1. The number of primary amides is 1. The molecule has 2 N–H and O–H groups in total. The van der Waals surface area contributed by atoms with Crippen LogP contribution in [-0.4, -0.2) is 76.1 Å². The molecule has 1 aliphatic rings. The number of pyridine rings is 1. The van der Waals surface area contributed by atoms with Crippen LogP contribution < -0.4 is 10.6 Å². The Morgan fingerprint density at radius 3 is 2.74 bits per heavy atom. The Bertz CT molecular complexity index is 1170. The van der Waals surface area contributed by atoms with Gasteiger partial charge in [0.1, 0.15) is 17.9 Å². The van der Waals surface area contributed by atoms with Crippen molar-refractivity contribution in [1.82, 2.24) is 24.9 Å². The molecule has 0 bridgehead atoms. The number of benzene rings is 1. The first-order valence-electron chi connectivity index (χ1n) is 11.3. The van der Waals surface area contributed by atoms with Crippen molar-refractivity contribution in [2.24, 2.45) is 5.73 Å². The molecule has 3 heterocycles. The average molecular weight is 464 g/mol. The first-order chi connectivity index (χ1) is 16.5. The van der Waals surface area contributed by atoms with E-state index in [0.717, 1.165) is 37.3 Å². The van der Waals surface area contributed by atoms with Gasteiger partial charge in [0.25, 0.3) is 0 Å². The topological polar surface area (TPSA) is 119 Å². The molecule has 0 unspecified atom stereocenters. The molecule has 0 spiro atoms. The summed E-state index contributed by atoms with van der Waals surface area (Å²) in [7, 11) is 1.83. The summed E-state index contributed by atoms with van der Waals surface area (Å²) in [5, 5.41) is 8.16. The van der Waals surface area contributed by atoms with E-state index in [1.807, 2.05) is 25.4 Å². The highest BCUT2D eigenvalue weighted by molar-refractivity contribution is 5.96. The highest BCUT2D eigenvalue weighted by atomic mass is 16.5. The van der Waals surface area contributed by atoms with Crippen molar-refractivity contribution in [3.05, 3.63) is 54.2 Å². The van der Waals surface area contributed by atoms with Crippen LogP contribution in [0.4, 0.5) is 5.82 Å². The van der Waals surface area contributed by atoms with Gasteiger partial charge in [0.05, 0.1) is 18.7 Å². The summed E-state index contributed by atoms with van der Waals surface area (Å²) in [4.78, 5) is 32.6. The number of anilines is 1. The molecule has 2 amide bonds. The van der Waals surface area contributed by atoms with Gasteiger partial charge in [-0.2, -0.15) is 0 Å². The third-order valence-corrected chi connectivity index (χ3v) is 6.21. The maximum atomic E-state index is 12.6. The number of piperidine rings is 1. The Morgan fingerprint density at radius 1 is 1.26 bits per heavy atom. The van der Waals surface area contributed by atoms with E-state index in [2.05, 4.69) is 26.8 Å². The van der Waals surface area contributed by atoms with Crippen molar-refractivity contribution < 1.29 is 14.3 Å². The van der Waals surface area contributed by atoms with E-state index in [0.29, 0.717) is 29.7 Å². The Kier molecular flexibility index (Phi) is 7.17. The van der Waals surface area contributed by atoms with Crippen molar-refractivity contribution in [2.45, 2.75) is 25.4 Å². The molecule has 10 nitrogen and oxygen atoms in total. The maximum Gasteiger partial charge on any atom is 0.248 e. The second-order valence-electron chi connectivity index (χ2n) is 8.31. The molecule has 0 atom stereocenters. The summed E-state index contributed by atoms with van der Waals surface area (Å²) in [5.74, 6) is 0.392. The number of nitrogens with two attached hydrogens (primary N) is 1. The predicted molar refractivity (Wildman–Crippen MR) is 129 cm³/mol. The Morgan fingerprint density at radius 2 is 2.06 bits per heavy atom. The van der Waals surface area contributed by atoms with E-state index in [4.69, 9.17) is 10.5 Å². The molecule has 1 aliphatic heterocycles. The van der Waals surface area contributed by atoms with E-state index in [9.17, 15) is 9.59 Å². The van der Waals surface area contributed by atoms with Crippen molar-refractivity contribution in [2.75, 3.05) is 38.3 Å². The molecule has 1 aromatic carbocycles. The predicted octanol–water partition coefficient (Wildman–Crippen LogP) is 1.71. The van der Waals surface area contributed by atoms with Gasteiger partial charge in [-0.1, -0.05) is 17.9 Å². The molecule has 0 radical (unpaired) electrons. The zero-order valence-corrected chi connectivity index (χ0v) is 19.3. The lowest BCUT2D eigenvalue weighted by molar-refractivity contribution is -0.137. The van der Waals surface area contributed by atoms with Gasteiger partial charge in [-0.15, -0.1) is 5.10 Å². The molecule has 0 saturated carbocycles. The lowest BCUT2D eigenvalue weighted by Crippen LogP contribution is -2.46. The molecule has 10 heteroatoms. The maximum absolute atomic E-state index is 12.6. The van der Waals surface area contributed by atoms with E-state index in [-0.39, 0.29) is 18.6 Å².